The minimum absolute atomic E-state index is 0.208. The fraction of sp³-hybridized carbons (Fsp3) is 0.128. The first-order chi connectivity index (χ1) is 23.7. The molecule has 5 aromatic carbocycles. The molecule has 0 heterocycles. The number of fused-ring (bicyclic) bond motifs is 1. The highest BCUT2D eigenvalue weighted by molar-refractivity contribution is 6.09. The molecule has 3 atom stereocenters. The minimum atomic E-state index is -0.208. The molecule has 1 nitrogen and oxygen atoms in total. The highest BCUT2D eigenvalue weighted by Gasteiger charge is 2.26. The molecule has 0 radical (unpaired) electrons. The topological polar surface area (TPSA) is 12.4 Å². The summed E-state index contributed by atoms with van der Waals surface area (Å²) in [5.74, 6) is 0.587. The van der Waals surface area contributed by atoms with Crippen LogP contribution in [0.15, 0.2) is 193 Å². The first-order valence-electron chi connectivity index (χ1n) is 17.0. The number of hydrogen-bond acceptors (Lipinski definition) is 1. The standard InChI is InChI=1S/C47H41N/c1-3-45(48-46(37-23-12-6-13-24-37)33-34(2)35-19-8-4-9-20-35)43-32-31-42(40-27-16-17-28-41(40)43)44-30-18-29-39(36-21-10-5-11-22-36)47(44)38-25-14-7-15-26-38/h3-19,21-29,31-33,35,44-45H,1,20,30H2,2H3/b34-33+,48-46+/t35?,44?,45-/m0/s1. The molecule has 0 fully saturated rings. The predicted molar refractivity (Wildman–Crippen MR) is 206 cm³/mol. The Kier molecular flexibility index (Phi) is 9.38. The number of allylic oxidation sites excluding steroid dienone is 10. The van der Waals surface area contributed by atoms with Crippen LogP contribution in [0.4, 0.5) is 0 Å². The third kappa shape index (κ3) is 6.50. The summed E-state index contributed by atoms with van der Waals surface area (Å²) in [6, 6.07) is 45.5. The normalized spacial score (nSPS) is 18.7. The van der Waals surface area contributed by atoms with Crippen molar-refractivity contribution in [1.29, 1.82) is 0 Å². The maximum absolute atomic E-state index is 5.44. The monoisotopic (exact) mass is 619 g/mol. The molecule has 7 rings (SSSR count). The van der Waals surface area contributed by atoms with Crippen LogP contribution in [0.1, 0.15) is 59.5 Å². The van der Waals surface area contributed by atoms with Crippen molar-refractivity contribution < 1.29 is 0 Å². The molecule has 0 aromatic heterocycles. The van der Waals surface area contributed by atoms with Gasteiger partial charge < -0.3 is 0 Å². The van der Waals surface area contributed by atoms with Crippen LogP contribution in [-0.2, 0) is 0 Å². The molecule has 0 bridgehead atoms. The van der Waals surface area contributed by atoms with Gasteiger partial charge in [-0.3, -0.25) is 4.99 Å². The van der Waals surface area contributed by atoms with E-state index in [1.807, 2.05) is 6.08 Å². The molecule has 48 heavy (non-hydrogen) atoms. The quantitative estimate of drug-likeness (QED) is 0.115. The average molecular weight is 620 g/mol. The molecule has 2 aliphatic rings. The van der Waals surface area contributed by atoms with Gasteiger partial charge in [0.25, 0.3) is 0 Å². The molecule has 1 heteroatoms. The summed E-state index contributed by atoms with van der Waals surface area (Å²) < 4.78 is 0. The second-order valence-corrected chi connectivity index (χ2v) is 12.6. The van der Waals surface area contributed by atoms with E-state index in [1.54, 1.807) is 0 Å². The Bertz CT molecular complexity index is 2090. The smallest absolute Gasteiger partial charge is 0.0941 e. The van der Waals surface area contributed by atoms with Crippen LogP contribution in [0.5, 0.6) is 0 Å². The van der Waals surface area contributed by atoms with Gasteiger partial charge in [-0.2, -0.15) is 0 Å². The van der Waals surface area contributed by atoms with Gasteiger partial charge in [-0.1, -0.05) is 175 Å². The van der Waals surface area contributed by atoms with E-state index >= 15 is 0 Å². The Morgan fingerprint density at radius 2 is 1.38 bits per heavy atom. The fourth-order valence-corrected chi connectivity index (χ4v) is 7.20. The molecule has 234 valence electrons. The number of benzene rings is 5. The van der Waals surface area contributed by atoms with Crippen LogP contribution in [0, 0.1) is 5.92 Å². The van der Waals surface area contributed by atoms with Crippen LogP contribution in [-0.4, -0.2) is 5.71 Å². The molecule has 2 aliphatic carbocycles. The van der Waals surface area contributed by atoms with Crippen LogP contribution in [0.3, 0.4) is 0 Å². The third-order valence-electron chi connectivity index (χ3n) is 9.65. The summed E-state index contributed by atoms with van der Waals surface area (Å²) in [6.07, 6.45) is 19.7. The molecule has 0 saturated heterocycles. The molecule has 2 unspecified atom stereocenters. The molecule has 0 aliphatic heterocycles. The van der Waals surface area contributed by atoms with Crippen LogP contribution in [0.25, 0.3) is 21.9 Å². The van der Waals surface area contributed by atoms with E-state index in [4.69, 9.17) is 4.99 Å². The van der Waals surface area contributed by atoms with Crippen molar-refractivity contribution in [3.63, 3.8) is 0 Å². The van der Waals surface area contributed by atoms with Crippen molar-refractivity contribution in [2.75, 3.05) is 0 Å². The lowest BCUT2D eigenvalue weighted by Gasteiger charge is -2.28. The van der Waals surface area contributed by atoms with Crippen molar-refractivity contribution in [3.8, 4) is 0 Å². The summed E-state index contributed by atoms with van der Waals surface area (Å²) in [7, 11) is 0. The SMILES string of the molecule is C=C[C@H](/N=C(\C=C(/C)C1C=CC=CC1)c1ccccc1)c1ccc(C2CC=CC(c3ccccc3)=C2c2ccccc2)c2ccccc12. The van der Waals surface area contributed by atoms with E-state index in [-0.39, 0.29) is 12.0 Å². The van der Waals surface area contributed by atoms with E-state index in [2.05, 4.69) is 183 Å². The Morgan fingerprint density at radius 3 is 2.06 bits per heavy atom. The zero-order chi connectivity index (χ0) is 32.7. The number of rotatable bonds is 9. The van der Waals surface area contributed by atoms with Crippen LogP contribution < -0.4 is 0 Å². The first kappa shape index (κ1) is 31.1. The first-order valence-corrected chi connectivity index (χ1v) is 17.0. The Morgan fingerprint density at radius 1 is 0.708 bits per heavy atom. The van der Waals surface area contributed by atoms with E-state index in [9.17, 15) is 0 Å². The summed E-state index contributed by atoms with van der Waals surface area (Å²) in [4.78, 5) is 5.44. The number of nitrogens with zero attached hydrogens (tertiary/aromatic N) is 1. The van der Waals surface area contributed by atoms with Gasteiger partial charge in [-0.05, 0) is 75.6 Å². The van der Waals surface area contributed by atoms with Crippen molar-refractivity contribution in [2.24, 2.45) is 10.9 Å². The lowest BCUT2D eigenvalue weighted by Crippen LogP contribution is -2.09. The Labute approximate surface area is 285 Å². The van der Waals surface area contributed by atoms with Gasteiger partial charge in [0.1, 0.15) is 0 Å². The van der Waals surface area contributed by atoms with E-state index in [0.29, 0.717) is 5.92 Å². The van der Waals surface area contributed by atoms with Gasteiger partial charge in [0.2, 0.25) is 0 Å². The van der Waals surface area contributed by atoms with Crippen molar-refractivity contribution in [3.05, 3.63) is 216 Å². The van der Waals surface area contributed by atoms with Gasteiger partial charge in [0.05, 0.1) is 11.8 Å². The van der Waals surface area contributed by atoms with Gasteiger partial charge >= 0.3 is 0 Å². The molecule has 0 spiro atoms. The van der Waals surface area contributed by atoms with Crippen molar-refractivity contribution >= 4 is 27.6 Å². The summed E-state index contributed by atoms with van der Waals surface area (Å²) in [6.45, 7) is 6.52. The highest BCUT2D eigenvalue weighted by Crippen LogP contribution is 2.46. The zero-order valence-corrected chi connectivity index (χ0v) is 27.5. The fourth-order valence-electron chi connectivity index (χ4n) is 7.20. The number of hydrogen-bond donors (Lipinski definition) is 0. The van der Waals surface area contributed by atoms with Gasteiger partial charge in [-0.15, -0.1) is 6.58 Å². The molecular weight excluding hydrogens is 579 g/mol. The van der Waals surface area contributed by atoms with Crippen LogP contribution in [0.2, 0.25) is 0 Å². The molecule has 0 amide bonds. The Hall–Kier alpha value is -5.53. The second-order valence-electron chi connectivity index (χ2n) is 12.6. The van der Waals surface area contributed by atoms with Crippen LogP contribution >= 0.6 is 0 Å². The van der Waals surface area contributed by atoms with E-state index in [1.165, 1.54) is 49.7 Å². The van der Waals surface area contributed by atoms with E-state index in [0.717, 1.165) is 24.1 Å². The van der Waals surface area contributed by atoms with Gasteiger partial charge in [0, 0.05) is 11.8 Å². The molecule has 0 N–H and O–H groups in total. The van der Waals surface area contributed by atoms with Gasteiger partial charge in [0.15, 0.2) is 0 Å². The van der Waals surface area contributed by atoms with E-state index < -0.39 is 0 Å². The maximum atomic E-state index is 5.44. The third-order valence-corrected chi connectivity index (χ3v) is 9.65. The molecule has 5 aromatic rings. The second kappa shape index (κ2) is 14.5. The predicted octanol–water partition coefficient (Wildman–Crippen LogP) is 12.3. The van der Waals surface area contributed by atoms with Crippen molar-refractivity contribution in [2.45, 2.75) is 31.7 Å². The average Bonchev–Trinajstić information content (AvgIpc) is 3.17. The lowest BCUT2D eigenvalue weighted by molar-refractivity contribution is 0.767. The zero-order valence-electron chi connectivity index (χ0n) is 27.5. The number of aliphatic imine (C=N–C) groups is 1. The summed E-state index contributed by atoms with van der Waals surface area (Å²) in [5.41, 5.74) is 11.1. The largest absolute Gasteiger partial charge is 0.272 e. The van der Waals surface area contributed by atoms with Crippen molar-refractivity contribution in [1.82, 2.24) is 0 Å². The minimum Gasteiger partial charge on any atom is -0.272 e. The Balaban J connectivity index is 1.35. The summed E-state index contributed by atoms with van der Waals surface area (Å²) >= 11 is 0. The highest BCUT2D eigenvalue weighted by atomic mass is 14.8. The molecular formula is C47H41N. The molecule has 0 saturated carbocycles. The lowest BCUT2D eigenvalue weighted by atomic mass is 9.75. The van der Waals surface area contributed by atoms with Gasteiger partial charge in [-0.25, -0.2) is 0 Å². The summed E-state index contributed by atoms with van der Waals surface area (Å²) in [5, 5.41) is 2.49. The maximum Gasteiger partial charge on any atom is 0.0941 e.